The van der Waals surface area contributed by atoms with Crippen LogP contribution < -0.4 is 4.90 Å². The number of para-hydroxylation sites is 2. The lowest BCUT2D eigenvalue weighted by Gasteiger charge is -2.28. The highest BCUT2D eigenvalue weighted by Crippen LogP contribution is 2.55. The van der Waals surface area contributed by atoms with E-state index in [1.54, 1.807) is 0 Å². The Balaban J connectivity index is 1.10. The zero-order valence-corrected chi connectivity index (χ0v) is 30.3. The molecule has 0 spiro atoms. The quantitative estimate of drug-likeness (QED) is 0.178. The number of furan rings is 1. The highest BCUT2D eigenvalue weighted by atomic mass is 16.3. The van der Waals surface area contributed by atoms with Crippen molar-refractivity contribution < 1.29 is 4.42 Å². The minimum Gasteiger partial charge on any atom is -0.455 e. The highest BCUT2D eigenvalue weighted by Gasteiger charge is 2.31. The van der Waals surface area contributed by atoms with Gasteiger partial charge in [0.1, 0.15) is 11.3 Å². The summed E-state index contributed by atoms with van der Waals surface area (Å²) >= 11 is 0. The smallest absolute Gasteiger partial charge is 0.160 e. The van der Waals surface area contributed by atoms with Crippen LogP contribution in [0.5, 0.6) is 0 Å². The van der Waals surface area contributed by atoms with E-state index < -0.39 is 0 Å². The largest absolute Gasteiger partial charge is 0.455 e. The van der Waals surface area contributed by atoms with Crippen LogP contribution >= 0.6 is 0 Å². The van der Waals surface area contributed by atoms with Gasteiger partial charge in [-0.25, -0.2) is 9.97 Å². The SMILES string of the molecule is c1ccc(-c2ccc(-c3cc(-c4cccc(N5c6ccccc6-c6c(oc7ccccc67)-c6c5ccc5ccccc65)c4)nc(-c4ccccc4)n3)cc2)cc1. The fourth-order valence-corrected chi connectivity index (χ4v) is 8.19. The summed E-state index contributed by atoms with van der Waals surface area (Å²) in [4.78, 5) is 12.7. The van der Waals surface area contributed by atoms with Gasteiger partial charge in [0.15, 0.2) is 5.82 Å². The Hall–Kier alpha value is -7.56. The fraction of sp³-hybridized carbons (Fsp3) is 0. The number of hydrogen-bond acceptors (Lipinski definition) is 4. The van der Waals surface area contributed by atoms with E-state index in [2.05, 4.69) is 175 Å². The van der Waals surface area contributed by atoms with Crippen LogP contribution in [0.4, 0.5) is 17.1 Å². The minimum absolute atomic E-state index is 0.684. The van der Waals surface area contributed by atoms with Crippen LogP contribution in [0, 0.1) is 0 Å². The van der Waals surface area contributed by atoms with Gasteiger partial charge in [0.25, 0.3) is 0 Å². The molecule has 1 aliphatic heterocycles. The Kier molecular flexibility index (Phi) is 7.46. The second kappa shape index (κ2) is 13.1. The minimum atomic E-state index is 0.684. The molecule has 0 saturated carbocycles. The summed E-state index contributed by atoms with van der Waals surface area (Å²) in [5.74, 6) is 1.57. The molecule has 0 radical (unpaired) electrons. The molecule has 0 unspecified atom stereocenters. The summed E-state index contributed by atoms with van der Waals surface area (Å²) in [7, 11) is 0. The lowest BCUT2D eigenvalue weighted by atomic mass is 9.95. The maximum Gasteiger partial charge on any atom is 0.160 e. The number of fused-ring (bicyclic) bond motifs is 9. The lowest BCUT2D eigenvalue weighted by Crippen LogP contribution is -2.11. The molecule has 0 N–H and O–H groups in total. The molecule has 0 amide bonds. The monoisotopic (exact) mass is 715 g/mol. The van der Waals surface area contributed by atoms with E-state index in [1.165, 1.54) is 11.1 Å². The van der Waals surface area contributed by atoms with Gasteiger partial charge in [-0.05, 0) is 58.3 Å². The maximum absolute atomic E-state index is 6.84. The van der Waals surface area contributed by atoms with E-state index in [1.807, 2.05) is 30.3 Å². The molecule has 56 heavy (non-hydrogen) atoms. The van der Waals surface area contributed by atoms with Gasteiger partial charge in [-0.2, -0.15) is 0 Å². The third-order valence-corrected chi connectivity index (χ3v) is 10.8. The summed E-state index contributed by atoms with van der Waals surface area (Å²) in [5, 5.41) is 3.41. The molecule has 10 aromatic rings. The number of aromatic nitrogens is 2. The Labute approximate surface area is 324 Å². The average Bonchev–Trinajstić information content (AvgIpc) is 3.60. The molecular weight excluding hydrogens is 683 g/mol. The Morgan fingerprint density at radius 2 is 1.02 bits per heavy atom. The van der Waals surface area contributed by atoms with E-state index in [4.69, 9.17) is 14.4 Å². The van der Waals surface area contributed by atoms with Gasteiger partial charge in [0.2, 0.25) is 0 Å². The molecule has 0 fully saturated rings. The average molecular weight is 716 g/mol. The number of hydrogen-bond donors (Lipinski definition) is 0. The van der Waals surface area contributed by atoms with E-state index in [-0.39, 0.29) is 0 Å². The summed E-state index contributed by atoms with van der Waals surface area (Å²) in [6.45, 7) is 0. The van der Waals surface area contributed by atoms with Crippen molar-refractivity contribution in [3.05, 3.63) is 200 Å². The number of nitrogens with zero attached hydrogens (tertiary/aromatic N) is 3. The first-order valence-corrected chi connectivity index (χ1v) is 18.9. The van der Waals surface area contributed by atoms with Crippen molar-refractivity contribution in [3.63, 3.8) is 0 Å². The first-order valence-electron chi connectivity index (χ1n) is 18.9. The Morgan fingerprint density at radius 1 is 0.393 bits per heavy atom. The fourth-order valence-electron chi connectivity index (χ4n) is 8.19. The van der Waals surface area contributed by atoms with Gasteiger partial charge < -0.3 is 9.32 Å². The topological polar surface area (TPSA) is 42.2 Å². The highest BCUT2D eigenvalue weighted by molar-refractivity contribution is 6.15. The molecule has 0 bridgehead atoms. The summed E-state index contributed by atoms with van der Waals surface area (Å²) in [6, 6.07) is 70.2. The van der Waals surface area contributed by atoms with Crippen LogP contribution in [-0.2, 0) is 0 Å². The van der Waals surface area contributed by atoms with Crippen molar-refractivity contribution in [1.29, 1.82) is 0 Å². The second-order valence-electron chi connectivity index (χ2n) is 14.2. The van der Waals surface area contributed by atoms with Crippen molar-refractivity contribution in [2.45, 2.75) is 0 Å². The third-order valence-electron chi connectivity index (χ3n) is 10.8. The molecule has 1 aliphatic rings. The zero-order chi connectivity index (χ0) is 37.0. The molecule has 0 saturated heterocycles. The molecule has 0 atom stereocenters. The number of benzene rings is 8. The molecule has 262 valence electrons. The van der Waals surface area contributed by atoms with E-state index >= 15 is 0 Å². The lowest BCUT2D eigenvalue weighted by molar-refractivity contribution is 0.633. The van der Waals surface area contributed by atoms with E-state index in [9.17, 15) is 0 Å². The molecule has 4 nitrogen and oxygen atoms in total. The van der Waals surface area contributed by atoms with Crippen LogP contribution in [0.25, 0.3) is 89.2 Å². The van der Waals surface area contributed by atoms with Crippen LogP contribution in [-0.4, -0.2) is 9.97 Å². The normalized spacial score (nSPS) is 11.9. The van der Waals surface area contributed by atoms with Crippen molar-refractivity contribution in [1.82, 2.24) is 9.97 Å². The van der Waals surface area contributed by atoms with Gasteiger partial charge >= 0.3 is 0 Å². The van der Waals surface area contributed by atoms with Gasteiger partial charge in [-0.1, -0.05) is 164 Å². The van der Waals surface area contributed by atoms with Gasteiger partial charge in [-0.3, -0.25) is 0 Å². The first-order chi connectivity index (χ1) is 27.8. The molecule has 0 aliphatic carbocycles. The first kappa shape index (κ1) is 31.9. The zero-order valence-electron chi connectivity index (χ0n) is 30.3. The van der Waals surface area contributed by atoms with Gasteiger partial charge in [0.05, 0.1) is 22.8 Å². The van der Waals surface area contributed by atoms with Crippen LogP contribution in [0.3, 0.4) is 0 Å². The molecule has 3 heterocycles. The Morgan fingerprint density at radius 3 is 1.84 bits per heavy atom. The Bertz CT molecular complexity index is 3080. The molecular formula is C52H33N3O. The van der Waals surface area contributed by atoms with Crippen LogP contribution in [0.15, 0.2) is 205 Å². The molecule has 4 heteroatoms. The van der Waals surface area contributed by atoms with Crippen molar-refractivity contribution >= 4 is 38.8 Å². The molecule has 2 aromatic heterocycles. The predicted molar refractivity (Wildman–Crippen MR) is 230 cm³/mol. The summed E-state index contributed by atoms with van der Waals surface area (Å²) in [5.41, 5.74) is 14.4. The predicted octanol–water partition coefficient (Wildman–Crippen LogP) is 14.2. The summed E-state index contributed by atoms with van der Waals surface area (Å²) in [6.07, 6.45) is 0. The second-order valence-corrected chi connectivity index (χ2v) is 14.2. The van der Waals surface area contributed by atoms with Crippen LogP contribution in [0.2, 0.25) is 0 Å². The standard InChI is InChI=1S/C52H33N3O/c1-3-14-34(15-4-1)35-26-28-37(29-27-35)44-33-45(54-52(53-44)38-17-5-2-6-18-38)39-19-13-20-40(32-39)55-46-24-11-9-22-42(46)49-43-23-10-12-25-48(43)56-51(49)50-41-21-8-7-16-36(41)30-31-47(50)55/h1-33H. The number of anilines is 3. The van der Waals surface area contributed by atoms with Crippen molar-refractivity contribution in [2.24, 2.45) is 0 Å². The maximum atomic E-state index is 6.84. The van der Waals surface area contributed by atoms with Gasteiger partial charge in [-0.15, -0.1) is 0 Å². The summed E-state index contributed by atoms with van der Waals surface area (Å²) < 4.78 is 6.84. The van der Waals surface area contributed by atoms with Crippen molar-refractivity contribution in [3.8, 4) is 67.5 Å². The molecule has 8 aromatic carbocycles. The van der Waals surface area contributed by atoms with E-state index in [0.29, 0.717) is 5.82 Å². The van der Waals surface area contributed by atoms with Gasteiger partial charge in [0, 0.05) is 44.5 Å². The van der Waals surface area contributed by atoms with Crippen LogP contribution in [0.1, 0.15) is 0 Å². The van der Waals surface area contributed by atoms with E-state index in [0.717, 1.165) is 89.3 Å². The third kappa shape index (κ3) is 5.31. The van der Waals surface area contributed by atoms with Crippen molar-refractivity contribution in [2.75, 3.05) is 4.90 Å². The molecule has 11 rings (SSSR count). The number of rotatable bonds is 5.